The molecule has 5 rings (SSSR count). The van der Waals surface area contributed by atoms with Gasteiger partial charge in [-0.05, 0) is 63.9 Å². The van der Waals surface area contributed by atoms with Gasteiger partial charge in [-0.25, -0.2) is 9.50 Å². The Kier molecular flexibility index (Phi) is 4.41. The second kappa shape index (κ2) is 6.97. The number of fused-ring (bicyclic) bond motifs is 3. The molecule has 7 heteroatoms. The van der Waals surface area contributed by atoms with Crippen molar-refractivity contribution in [2.45, 2.75) is 59.0 Å². The molecule has 2 bridgehead atoms. The molecule has 29 heavy (non-hydrogen) atoms. The number of hydrogen-bond donors (Lipinski definition) is 1. The molecular formula is C22H28N6O. The zero-order valence-corrected chi connectivity index (χ0v) is 17.3. The van der Waals surface area contributed by atoms with Crippen LogP contribution in [0, 0.1) is 24.7 Å². The fourth-order valence-corrected chi connectivity index (χ4v) is 5.48. The highest BCUT2D eigenvalue weighted by molar-refractivity contribution is 6.00. The Morgan fingerprint density at radius 2 is 2.21 bits per heavy atom. The molecule has 0 saturated heterocycles. The summed E-state index contributed by atoms with van der Waals surface area (Å²) in [7, 11) is 0. The number of nitrogens with zero attached hydrogens (tertiary/aromatic N) is 5. The van der Waals surface area contributed by atoms with Gasteiger partial charge in [0.2, 0.25) is 0 Å². The van der Waals surface area contributed by atoms with Crippen LogP contribution in [0.2, 0.25) is 0 Å². The molecule has 0 aromatic carbocycles. The molecule has 0 radical (unpaired) electrons. The van der Waals surface area contributed by atoms with Crippen molar-refractivity contribution < 1.29 is 4.79 Å². The largest absolute Gasteiger partial charge is 0.349 e. The van der Waals surface area contributed by atoms with Crippen molar-refractivity contribution in [3.8, 4) is 11.3 Å². The molecule has 1 amide bonds. The molecule has 3 aromatic rings. The van der Waals surface area contributed by atoms with Crippen LogP contribution < -0.4 is 5.32 Å². The van der Waals surface area contributed by atoms with Gasteiger partial charge in [-0.2, -0.15) is 10.2 Å². The Morgan fingerprint density at radius 1 is 1.34 bits per heavy atom. The second-order valence-corrected chi connectivity index (χ2v) is 8.71. The van der Waals surface area contributed by atoms with Crippen molar-refractivity contribution in [2.75, 3.05) is 0 Å². The first-order valence-electron chi connectivity index (χ1n) is 10.7. The van der Waals surface area contributed by atoms with Crippen molar-refractivity contribution in [3.63, 3.8) is 0 Å². The van der Waals surface area contributed by atoms with Gasteiger partial charge in [-0.1, -0.05) is 6.42 Å². The summed E-state index contributed by atoms with van der Waals surface area (Å²) in [5, 5.41) is 12.3. The highest BCUT2D eigenvalue weighted by Crippen LogP contribution is 2.49. The molecule has 4 unspecified atom stereocenters. The summed E-state index contributed by atoms with van der Waals surface area (Å²) in [4.78, 5) is 17.5. The number of carbonyl (C=O) groups is 1. The zero-order chi connectivity index (χ0) is 20.1. The lowest BCUT2D eigenvalue weighted by atomic mass is 9.84. The van der Waals surface area contributed by atoms with Crippen LogP contribution in [-0.4, -0.2) is 36.3 Å². The number of aromatic nitrogens is 5. The van der Waals surface area contributed by atoms with E-state index in [4.69, 9.17) is 0 Å². The van der Waals surface area contributed by atoms with E-state index in [2.05, 4.69) is 34.3 Å². The quantitative estimate of drug-likeness (QED) is 0.721. The maximum absolute atomic E-state index is 13.0. The van der Waals surface area contributed by atoms with Crippen LogP contribution in [0.15, 0.2) is 24.7 Å². The molecule has 1 N–H and O–H groups in total. The smallest absolute Gasteiger partial charge is 0.256 e. The van der Waals surface area contributed by atoms with Gasteiger partial charge in [0.05, 0.1) is 17.6 Å². The van der Waals surface area contributed by atoms with E-state index < -0.39 is 0 Å². The van der Waals surface area contributed by atoms with Crippen LogP contribution in [0.25, 0.3) is 16.9 Å². The first-order chi connectivity index (χ1) is 14.0. The summed E-state index contributed by atoms with van der Waals surface area (Å²) in [6.07, 6.45) is 10.7. The number of hydrogen-bond acceptors (Lipinski definition) is 4. The fraction of sp³-hybridized carbons (Fsp3) is 0.545. The first kappa shape index (κ1) is 18.3. The molecule has 2 saturated carbocycles. The van der Waals surface area contributed by atoms with Crippen molar-refractivity contribution in [1.82, 2.24) is 29.7 Å². The predicted molar refractivity (Wildman–Crippen MR) is 110 cm³/mol. The molecule has 2 fully saturated rings. The van der Waals surface area contributed by atoms with Crippen molar-refractivity contribution in [2.24, 2.45) is 17.8 Å². The summed E-state index contributed by atoms with van der Waals surface area (Å²) in [5.74, 6) is 2.17. The maximum atomic E-state index is 13.0. The molecule has 3 heterocycles. The van der Waals surface area contributed by atoms with E-state index >= 15 is 0 Å². The Bertz CT molecular complexity index is 1070. The summed E-state index contributed by atoms with van der Waals surface area (Å²) in [6.45, 7) is 7.01. The zero-order valence-electron chi connectivity index (χ0n) is 17.3. The lowest BCUT2D eigenvalue weighted by molar-refractivity contribution is 0.0917. The number of nitrogens with one attached hydrogen (secondary N) is 1. The van der Waals surface area contributed by atoms with Gasteiger partial charge in [0.1, 0.15) is 5.56 Å². The SMILES string of the molecule is CCn1cc(-c2ccnc3c(C(=O)NC(C)C4CC5CCC4C5)cnn23)c(C)n1. The van der Waals surface area contributed by atoms with Crippen LogP contribution in [0.3, 0.4) is 0 Å². The van der Waals surface area contributed by atoms with E-state index in [0.29, 0.717) is 17.1 Å². The Hall–Kier alpha value is -2.70. The van der Waals surface area contributed by atoms with Gasteiger partial charge in [-0.3, -0.25) is 9.48 Å². The summed E-state index contributed by atoms with van der Waals surface area (Å²) in [6, 6.07) is 2.10. The number of amides is 1. The van der Waals surface area contributed by atoms with E-state index in [9.17, 15) is 4.79 Å². The van der Waals surface area contributed by atoms with E-state index in [1.165, 1.54) is 25.7 Å². The number of rotatable bonds is 5. The topological polar surface area (TPSA) is 77.1 Å². The number of carbonyl (C=O) groups excluding carboxylic acids is 1. The molecule has 0 spiro atoms. The Morgan fingerprint density at radius 3 is 2.90 bits per heavy atom. The summed E-state index contributed by atoms with van der Waals surface area (Å²) >= 11 is 0. The van der Waals surface area contributed by atoms with E-state index in [0.717, 1.165) is 35.3 Å². The van der Waals surface area contributed by atoms with Gasteiger partial charge in [0.25, 0.3) is 5.91 Å². The van der Waals surface area contributed by atoms with Crippen LogP contribution >= 0.6 is 0 Å². The molecule has 4 atom stereocenters. The number of aryl methyl sites for hydroxylation is 2. The minimum atomic E-state index is -0.0825. The van der Waals surface area contributed by atoms with Crippen LogP contribution in [0.5, 0.6) is 0 Å². The Balaban J connectivity index is 1.42. The summed E-state index contributed by atoms with van der Waals surface area (Å²) in [5.41, 5.74) is 3.95. The highest BCUT2D eigenvalue weighted by Gasteiger charge is 2.42. The molecule has 3 aromatic heterocycles. The molecule has 2 aliphatic carbocycles. The van der Waals surface area contributed by atoms with Crippen LogP contribution in [-0.2, 0) is 6.54 Å². The lowest BCUT2D eigenvalue weighted by Gasteiger charge is -2.28. The minimum absolute atomic E-state index is 0.0825. The second-order valence-electron chi connectivity index (χ2n) is 8.71. The van der Waals surface area contributed by atoms with Crippen molar-refractivity contribution in [1.29, 1.82) is 0 Å². The van der Waals surface area contributed by atoms with Gasteiger partial charge in [0.15, 0.2) is 5.65 Å². The normalized spacial score (nSPS) is 24.3. The minimum Gasteiger partial charge on any atom is -0.349 e. The third kappa shape index (κ3) is 3.03. The van der Waals surface area contributed by atoms with Gasteiger partial charge in [-0.15, -0.1) is 0 Å². The third-order valence-electron chi connectivity index (χ3n) is 6.99. The van der Waals surface area contributed by atoms with E-state index in [-0.39, 0.29) is 11.9 Å². The third-order valence-corrected chi connectivity index (χ3v) is 6.99. The first-order valence-corrected chi connectivity index (χ1v) is 10.7. The lowest BCUT2D eigenvalue weighted by Crippen LogP contribution is -2.40. The van der Waals surface area contributed by atoms with Crippen LogP contribution in [0.4, 0.5) is 0 Å². The molecule has 152 valence electrons. The average molecular weight is 393 g/mol. The molecule has 0 aliphatic heterocycles. The standard InChI is InChI=1S/C22H28N6O/c1-4-27-12-19(14(3)26-27)20-7-8-23-21-18(11-24-28(20)21)22(29)25-13(2)17-10-15-5-6-16(17)9-15/h7-8,11-13,15-17H,4-6,9-10H2,1-3H3,(H,25,29). The molecule has 2 aliphatic rings. The van der Waals surface area contributed by atoms with Crippen molar-refractivity contribution >= 4 is 11.6 Å². The van der Waals surface area contributed by atoms with Gasteiger partial charge < -0.3 is 5.32 Å². The average Bonchev–Trinajstić information content (AvgIpc) is 3.50. The van der Waals surface area contributed by atoms with E-state index in [1.807, 2.05) is 23.9 Å². The fourth-order valence-electron chi connectivity index (χ4n) is 5.48. The van der Waals surface area contributed by atoms with Gasteiger partial charge >= 0.3 is 0 Å². The maximum Gasteiger partial charge on any atom is 0.256 e. The van der Waals surface area contributed by atoms with Crippen molar-refractivity contribution in [3.05, 3.63) is 35.9 Å². The van der Waals surface area contributed by atoms with Crippen LogP contribution in [0.1, 0.15) is 55.6 Å². The predicted octanol–water partition coefficient (Wildman–Crippen LogP) is 3.48. The molecular weight excluding hydrogens is 364 g/mol. The highest BCUT2D eigenvalue weighted by atomic mass is 16.1. The monoisotopic (exact) mass is 392 g/mol. The Labute approximate surface area is 170 Å². The molecule has 7 nitrogen and oxygen atoms in total. The van der Waals surface area contributed by atoms with E-state index in [1.54, 1.807) is 16.9 Å². The van der Waals surface area contributed by atoms with Gasteiger partial charge in [0, 0.05) is 30.5 Å². The summed E-state index contributed by atoms with van der Waals surface area (Å²) < 4.78 is 3.66.